The third-order valence-corrected chi connectivity index (χ3v) is 2.58. The van der Waals surface area contributed by atoms with Crippen LogP contribution in [0.2, 0.25) is 0 Å². The number of rotatable bonds is 1. The number of halogens is 5. The van der Waals surface area contributed by atoms with E-state index >= 15 is 0 Å². The molecule has 1 aliphatic rings. The molecule has 0 atom stereocenters. The second-order valence-corrected chi connectivity index (χ2v) is 3.64. The molecule has 1 N–H and O–H groups in total. The monoisotopic (exact) mass is 232 g/mol. The maximum Gasteiger partial charge on any atom is 0.456 e. The van der Waals surface area contributed by atoms with Gasteiger partial charge in [-0.15, -0.1) is 0 Å². The van der Waals surface area contributed by atoms with Gasteiger partial charge in [0.25, 0.3) is 0 Å². The molecule has 15 heavy (non-hydrogen) atoms. The molecule has 0 bridgehead atoms. The lowest BCUT2D eigenvalue weighted by atomic mass is 9.79. The van der Waals surface area contributed by atoms with Gasteiger partial charge >= 0.3 is 12.1 Å². The highest BCUT2D eigenvalue weighted by Gasteiger charge is 2.69. The van der Waals surface area contributed by atoms with Crippen molar-refractivity contribution in [1.82, 2.24) is 0 Å². The Labute approximate surface area is 82.1 Å². The van der Waals surface area contributed by atoms with Gasteiger partial charge in [-0.3, -0.25) is 4.79 Å². The van der Waals surface area contributed by atoms with Crippen molar-refractivity contribution in [2.45, 2.75) is 43.4 Å². The minimum atomic E-state index is -5.79. The van der Waals surface area contributed by atoms with Gasteiger partial charge in [0.2, 0.25) is 0 Å². The minimum absolute atomic E-state index is 0.405. The smallest absolute Gasteiger partial charge is 0.383 e. The Hall–Kier alpha value is -0.720. The van der Waals surface area contributed by atoms with Gasteiger partial charge in [0, 0.05) is 12.8 Å². The molecule has 0 aromatic rings. The van der Waals surface area contributed by atoms with E-state index in [1.807, 2.05) is 0 Å². The number of Topliss-reactive ketones (excluding diaryl/α,β-unsaturated/α-hetero) is 1. The molecule has 1 fully saturated rings. The van der Waals surface area contributed by atoms with Gasteiger partial charge in [-0.25, -0.2) is 0 Å². The van der Waals surface area contributed by atoms with E-state index in [1.54, 1.807) is 0 Å². The number of alkyl halides is 5. The summed E-state index contributed by atoms with van der Waals surface area (Å²) in [6, 6.07) is 0. The molecule has 1 rings (SSSR count). The van der Waals surface area contributed by atoms with Crippen molar-refractivity contribution in [1.29, 1.82) is 0 Å². The molecule has 0 aliphatic heterocycles. The summed E-state index contributed by atoms with van der Waals surface area (Å²) in [7, 11) is 0. The molecule has 0 amide bonds. The number of hydrogen-bond donors (Lipinski definition) is 1. The second kappa shape index (κ2) is 3.40. The first-order valence-electron chi connectivity index (χ1n) is 4.29. The molecule has 0 unspecified atom stereocenters. The van der Waals surface area contributed by atoms with E-state index in [1.165, 1.54) is 0 Å². The standard InChI is InChI=1S/C8H9F5O2/c9-7(10,8(11,12)13)6(15)3-1-5(14)2-4-6/h15H,1-4H2. The van der Waals surface area contributed by atoms with Crippen LogP contribution < -0.4 is 0 Å². The predicted molar refractivity (Wildman–Crippen MR) is 39.4 cm³/mol. The first-order chi connectivity index (χ1) is 6.60. The van der Waals surface area contributed by atoms with Crippen molar-refractivity contribution < 1.29 is 31.9 Å². The van der Waals surface area contributed by atoms with E-state index in [-0.39, 0.29) is 0 Å². The Balaban J connectivity index is 2.91. The molecule has 0 aromatic heterocycles. The lowest BCUT2D eigenvalue weighted by molar-refractivity contribution is -0.345. The summed E-state index contributed by atoms with van der Waals surface area (Å²) in [5.74, 6) is -5.57. The molecule has 1 saturated carbocycles. The second-order valence-electron chi connectivity index (χ2n) is 3.64. The summed E-state index contributed by atoms with van der Waals surface area (Å²) < 4.78 is 61.6. The van der Waals surface area contributed by atoms with Crippen LogP contribution in [0.4, 0.5) is 22.0 Å². The zero-order valence-corrected chi connectivity index (χ0v) is 7.57. The van der Waals surface area contributed by atoms with Crippen LogP contribution in [0.3, 0.4) is 0 Å². The van der Waals surface area contributed by atoms with Crippen molar-refractivity contribution in [2.75, 3.05) is 0 Å². The quantitative estimate of drug-likeness (QED) is 0.702. The number of aliphatic hydroxyl groups is 1. The SMILES string of the molecule is O=C1CCC(O)(C(F)(F)C(F)(F)F)CC1. The number of hydrogen-bond acceptors (Lipinski definition) is 2. The fourth-order valence-electron chi connectivity index (χ4n) is 1.52. The summed E-state index contributed by atoms with van der Waals surface area (Å²) in [5.41, 5.74) is -3.14. The normalized spacial score (nSPS) is 22.9. The van der Waals surface area contributed by atoms with Gasteiger partial charge in [-0.2, -0.15) is 22.0 Å². The summed E-state index contributed by atoms with van der Waals surface area (Å²) >= 11 is 0. The fraction of sp³-hybridized carbons (Fsp3) is 0.875. The molecule has 88 valence electrons. The third-order valence-electron chi connectivity index (χ3n) is 2.58. The Bertz CT molecular complexity index is 261. The molecule has 0 aromatic carbocycles. The van der Waals surface area contributed by atoms with Crippen LogP contribution in [0, 0.1) is 0 Å². The topological polar surface area (TPSA) is 37.3 Å². The van der Waals surface area contributed by atoms with Crippen LogP contribution in [0.15, 0.2) is 0 Å². The summed E-state index contributed by atoms with van der Waals surface area (Å²) in [4.78, 5) is 10.7. The van der Waals surface area contributed by atoms with Gasteiger partial charge in [0.15, 0.2) is 0 Å². The fourth-order valence-corrected chi connectivity index (χ4v) is 1.52. The molecule has 7 heteroatoms. The molecule has 0 radical (unpaired) electrons. The lowest BCUT2D eigenvalue weighted by Gasteiger charge is -2.38. The van der Waals surface area contributed by atoms with E-state index in [0.717, 1.165) is 0 Å². The average Bonchev–Trinajstić information content (AvgIpc) is 2.08. The van der Waals surface area contributed by atoms with Crippen LogP contribution in [-0.4, -0.2) is 28.6 Å². The summed E-state index contributed by atoms with van der Waals surface area (Å²) in [5, 5.41) is 9.23. The van der Waals surface area contributed by atoms with E-state index in [2.05, 4.69) is 0 Å². The Morgan fingerprint density at radius 1 is 1.07 bits per heavy atom. The van der Waals surface area contributed by atoms with Crippen LogP contribution >= 0.6 is 0 Å². The van der Waals surface area contributed by atoms with E-state index in [0.29, 0.717) is 0 Å². The van der Waals surface area contributed by atoms with Crippen molar-refractivity contribution in [3.05, 3.63) is 0 Å². The van der Waals surface area contributed by atoms with Crippen LogP contribution in [0.1, 0.15) is 25.7 Å². The van der Waals surface area contributed by atoms with Crippen LogP contribution in [0.25, 0.3) is 0 Å². The molecule has 0 saturated heterocycles. The Kier molecular flexibility index (Phi) is 2.80. The first kappa shape index (κ1) is 12.4. The number of carbonyl (C=O) groups excluding carboxylic acids is 1. The Morgan fingerprint density at radius 3 is 1.80 bits per heavy atom. The molecule has 0 spiro atoms. The lowest BCUT2D eigenvalue weighted by Crippen LogP contribution is -2.58. The van der Waals surface area contributed by atoms with Gasteiger partial charge < -0.3 is 5.11 Å². The zero-order valence-electron chi connectivity index (χ0n) is 7.57. The van der Waals surface area contributed by atoms with Crippen molar-refractivity contribution >= 4 is 5.78 Å². The Morgan fingerprint density at radius 2 is 1.47 bits per heavy atom. The largest absolute Gasteiger partial charge is 0.456 e. The molecule has 0 heterocycles. The van der Waals surface area contributed by atoms with E-state index < -0.39 is 49.2 Å². The van der Waals surface area contributed by atoms with Crippen LogP contribution in [0.5, 0.6) is 0 Å². The molecule has 2 nitrogen and oxygen atoms in total. The third kappa shape index (κ3) is 1.97. The zero-order chi connectivity index (χ0) is 11.9. The van der Waals surface area contributed by atoms with Gasteiger partial charge in [0.05, 0.1) is 0 Å². The average molecular weight is 232 g/mol. The molecule has 1 aliphatic carbocycles. The van der Waals surface area contributed by atoms with Crippen molar-refractivity contribution in [3.63, 3.8) is 0 Å². The summed E-state index contributed by atoms with van der Waals surface area (Å²) in [6.45, 7) is 0. The van der Waals surface area contributed by atoms with Crippen molar-refractivity contribution in [3.8, 4) is 0 Å². The van der Waals surface area contributed by atoms with Gasteiger partial charge in [-0.05, 0) is 12.8 Å². The summed E-state index contributed by atoms with van der Waals surface area (Å²) in [6.07, 6.45) is -8.37. The maximum absolute atomic E-state index is 12.8. The molecular formula is C8H9F5O2. The maximum atomic E-state index is 12.8. The van der Waals surface area contributed by atoms with Crippen LogP contribution in [-0.2, 0) is 4.79 Å². The van der Waals surface area contributed by atoms with E-state index in [9.17, 15) is 31.9 Å². The molecular weight excluding hydrogens is 223 g/mol. The van der Waals surface area contributed by atoms with Gasteiger partial charge in [-0.1, -0.05) is 0 Å². The van der Waals surface area contributed by atoms with Crippen molar-refractivity contribution in [2.24, 2.45) is 0 Å². The van der Waals surface area contributed by atoms with Gasteiger partial charge in [0.1, 0.15) is 11.4 Å². The highest BCUT2D eigenvalue weighted by Crippen LogP contribution is 2.48. The minimum Gasteiger partial charge on any atom is -0.383 e. The number of ketones is 1. The first-order valence-corrected chi connectivity index (χ1v) is 4.29. The number of carbonyl (C=O) groups is 1. The highest BCUT2D eigenvalue weighted by atomic mass is 19.4. The highest BCUT2D eigenvalue weighted by molar-refractivity contribution is 5.79. The predicted octanol–water partition coefficient (Wildman–Crippen LogP) is 2.06. The van der Waals surface area contributed by atoms with E-state index in [4.69, 9.17) is 0 Å².